The summed E-state index contributed by atoms with van der Waals surface area (Å²) in [4.78, 5) is 0. The van der Waals surface area contributed by atoms with Gasteiger partial charge in [-0.2, -0.15) is 0 Å². The summed E-state index contributed by atoms with van der Waals surface area (Å²) >= 11 is 2.31. The van der Waals surface area contributed by atoms with E-state index in [1.807, 2.05) is 25.2 Å². The van der Waals surface area contributed by atoms with Crippen molar-refractivity contribution in [2.75, 3.05) is 0 Å². The molecule has 1 aliphatic carbocycles. The molecule has 106 valence electrons. The fourth-order valence-corrected chi connectivity index (χ4v) is 2.81. The van der Waals surface area contributed by atoms with Gasteiger partial charge in [-0.25, -0.2) is 0 Å². The standard InChI is InChI=1S/C10H10N2.C5H11N.Pt/c1-11-7-8-12(9-11)10-5-3-2-4-6-10;6-5-3-1-2-4-5;/h2-8H,1H3;5H,1-4,6H2;. The van der Waals surface area contributed by atoms with Gasteiger partial charge in [-0.1, -0.05) is 12.8 Å². The molecule has 0 amide bonds. The number of hydrogen-bond donors (Lipinski definition) is 1. The Morgan fingerprint density at radius 1 is 1.11 bits per heavy atom. The number of nitrogens with zero attached hydrogens (tertiary/aromatic N) is 2. The van der Waals surface area contributed by atoms with E-state index in [0.29, 0.717) is 6.04 Å². The van der Waals surface area contributed by atoms with Crippen LogP contribution in [0.1, 0.15) is 25.7 Å². The first kappa shape index (κ1) is 14.5. The van der Waals surface area contributed by atoms with Crippen molar-refractivity contribution in [2.24, 2.45) is 12.8 Å². The maximum Gasteiger partial charge on any atom is 0.00388 e. The van der Waals surface area contributed by atoms with Crippen molar-refractivity contribution >= 4 is 0 Å². The SMILES string of the molecule is Cn1ccn(-c2ccccc2)[c]1=[Pt].NC1CCCC1. The Morgan fingerprint density at radius 2 is 1.74 bits per heavy atom. The van der Waals surface area contributed by atoms with E-state index in [9.17, 15) is 0 Å². The average molecular weight is 438 g/mol. The molecule has 0 bridgehead atoms. The summed E-state index contributed by atoms with van der Waals surface area (Å²) in [6.07, 6.45) is 9.37. The molecule has 3 rings (SSSR count). The second-order valence-electron chi connectivity index (χ2n) is 4.90. The molecule has 0 saturated heterocycles. The zero-order chi connectivity index (χ0) is 13.7. The second-order valence-corrected chi connectivity index (χ2v) is 5.92. The van der Waals surface area contributed by atoms with Crippen LogP contribution in [0.15, 0.2) is 42.7 Å². The van der Waals surface area contributed by atoms with E-state index < -0.39 is 0 Å². The Morgan fingerprint density at radius 3 is 2.16 bits per heavy atom. The first-order chi connectivity index (χ1) is 9.18. The van der Waals surface area contributed by atoms with Gasteiger partial charge in [0, 0.05) is 6.04 Å². The third-order valence-electron chi connectivity index (χ3n) is 3.33. The van der Waals surface area contributed by atoms with Gasteiger partial charge in [0.15, 0.2) is 0 Å². The number of imidazole rings is 1. The average Bonchev–Trinajstić information content (AvgIpc) is 3.03. The number of aromatic nitrogens is 2. The molecule has 4 heteroatoms. The molecule has 3 nitrogen and oxygen atoms in total. The second kappa shape index (κ2) is 7.02. The number of para-hydroxylation sites is 1. The normalized spacial score (nSPS) is 15.2. The minimum Gasteiger partial charge on any atom is -0.328 e. The molecule has 1 aromatic carbocycles. The molecule has 0 radical (unpaired) electrons. The number of benzene rings is 1. The Kier molecular flexibility index (Phi) is 5.35. The summed E-state index contributed by atoms with van der Waals surface area (Å²) in [6.45, 7) is 0. The summed E-state index contributed by atoms with van der Waals surface area (Å²) in [6, 6.07) is 10.9. The maximum atomic E-state index is 5.53. The van der Waals surface area contributed by atoms with Crippen LogP contribution in [0.3, 0.4) is 0 Å². The molecule has 1 heterocycles. The predicted molar refractivity (Wildman–Crippen MR) is 74.4 cm³/mol. The van der Waals surface area contributed by atoms with E-state index in [4.69, 9.17) is 5.73 Å². The number of aryl methyl sites for hydroxylation is 1. The topological polar surface area (TPSA) is 35.9 Å². The largest absolute Gasteiger partial charge is 0.328 e. The van der Waals surface area contributed by atoms with Crippen LogP contribution in [0.25, 0.3) is 5.69 Å². The van der Waals surface area contributed by atoms with E-state index in [1.54, 1.807) is 0 Å². The van der Waals surface area contributed by atoms with Gasteiger partial charge in [0.1, 0.15) is 0 Å². The number of nitrogens with two attached hydrogens (primary N) is 1. The molecule has 2 N–H and O–H groups in total. The van der Waals surface area contributed by atoms with Crippen molar-refractivity contribution in [2.45, 2.75) is 31.7 Å². The molecule has 1 saturated carbocycles. The van der Waals surface area contributed by atoms with Crippen LogP contribution in [-0.2, 0) is 26.4 Å². The molecule has 2 aromatic rings. The van der Waals surface area contributed by atoms with Crippen molar-refractivity contribution in [1.82, 2.24) is 9.13 Å². The summed E-state index contributed by atoms with van der Waals surface area (Å²) in [5.74, 6) is 0. The quantitative estimate of drug-likeness (QED) is 0.731. The van der Waals surface area contributed by atoms with Gasteiger partial charge in [-0.3, -0.25) is 0 Å². The molecule has 1 aromatic heterocycles. The third-order valence-corrected chi connectivity index (χ3v) is 4.68. The number of hydrogen-bond acceptors (Lipinski definition) is 1. The van der Waals surface area contributed by atoms with Crippen LogP contribution in [0.2, 0.25) is 0 Å². The summed E-state index contributed by atoms with van der Waals surface area (Å²) in [5, 5.41) is 0. The van der Waals surface area contributed by atoms with Crippen LogP contribution in [0.4, 0.5) is 0 Å². The van der Waals surface area contributed by atoms with Crippen LogP contribution in [-0.4, -0.2) is 15.2 Å². The molecule has 0 spiro atoms. The minimum absolute atomic E-state index is 0.546. The zero-order valence-corrected chi connectivity index (χ0v) is 13.5. The molecule has 0 aliphatic heterocycles. The van der Waals surface area contributed by atoms with Crippen LogP contribution < -0.4 is 5.73 Å². The Hall–Kier alpha value is -0.922. The van der Waals surface area contributed by atoms with E-state index >= 15 is 0 Å². The fraction of sp³-hybridized carbons (Fsp3) is 0.400. The van der Waals surface area contributed by atoms with E-state index in [-0.39, 0.29) is 0 Å². The van der Waals surface area contributed by atoms with Crippen molar-refractivity contribution in [1.29, 1.82) is 0 Å². The summed E-state index contributed by atoms with van der Waals surface area (Å²) < 4.78 is 5.45. The van der Waals surface area contributed by atoms with Gasteiger partial charge < -0.3 is 5.73 Å². The van der Waals surface area contributed by atoms with Gasteiger partial charge in [0.2, 0.25) is 0 Å². The van der Waals surface area contributed by atoms with Gasteiger partial charge in [0.05, 0.1) is 0 Å². The van der Waals surface area contributed by atoms with Crippen molar-refractivity contribution in [3.05, 3.63) is 46.5 Å². The van der Waals surface area contributed by atoms with Gasteiger partial charge >= 0.3 is 87.8 Å². The van der Waals surface area contributed by atoms with E-state index in [0.717, 1.165) is 0 Å². The smallest absolute Gasteiger partial charge is 0.00388 e. The molecular weight excluding hydrogens is 417 g/mol. The number of rotatable bonds is 1. The predicted octanol–water partition coefficient (Wildman–Crippen LogP) is 2.78. The van der Waals surface area contributed by atoms with Crippen molar-refractivity contribution < 1.29 is 19.4 Å². The van der Waals surface area contributed by atoms with Crippen molar-refractivity contribution in [3.8, 4) is 5.69 Å². The van der Waals surface area contributed by atoms with Gasteiger partial charge in [-0.05, 0) is 12.8 Å². The molecular formula is C15H21N3Pt. The van der Waals surface area contributed by atoms with E-state index in [2.05, 4.69) is 53.0 Å². The molecule has 1 aliphatic rings. The van der Waals surface area contributed by atoms with Crippen LogP contribution >= 0.6 is 0 Å². The van der Waals surface area contributed by atoms with Crippen LogP contribution in [0.5, 0.6) is 0 Å². The Bertz CT molecular complexity index is 550. The fourth-order valence-electron chi connectivity index (χ4n) is 2.18. The van der Waals surface area contributed by atoms with Gasteiger partial charge in [-0.15, -0.1) is 0 Å². The molecule has 0 atom stereocenters. The summed E-state index contributed by atoms with van der Waals surface area (Å²) in [5.41, 5.74) is 6.74. The minimum atomic E-state index is 0.546. The third kappa shape index (κ3) is 4.02. The first-order valence-corrected chi connectivity index (χ1v) is 7.82. The van der Waals surface area contributed by atoms with Gasteiger partial charge in [0.25, 0.3) is 0 Å². The van der Waals surface area contributed by atoms with E-state index in [1.165, 1.54) is 35.2 Å². The van der Waals surface area contributed by atoms with Crippen molar-refractivity contribution in [3.63, 3.8) is 0 Å². The summed E-state index contributed by atoms with van der Waals surface area (Å²) in [7, 11) is 2.04. The Balaban J connectivity index is 0.000000186. The first-order valence-electron chi connectivity index (χ1n) is 6.69. The maximum absolute atomic E-state index is 5.53. The van der Waals surface area contributed by atoms with Crippen LogP contribution in [0, 0.1) is 3.80 Å². The molecule has 0 unspecified atom stereocenters. The molecule has 19 heavy (non-hydrogen) atoms. The monoisotopic (exact) mass is 438 g/mol. The molecule has 1 fully saturated rings. The zero-order valence-electron chi connectivity index (χ0n) is 11.2. The Labute approximate surface area is 125 Å².